The van der Waals surface area contributed by atoms with Crippen LogP contribution in [0.2, 0.25) is 0 Å². The van der Waals surface area contributed by atoms with E-state index >= 15 is 0 Å². The van der Waals surface area contributed by atoms with Gasteiger partial charge >= 0.3 is 0 Å². The molecule has 47 heavy (non-hydrogen) atoms. The van der Waals surface area contributed by atoms with Gasteiger partial charge in [0.25, 0.3) is 17.5 Å². The zero-order valence-electron chi connectivity index (χ0n) is 26.6. The van der Waals surface area contributed by atoms with Crippen LogP contribution in [-0.2, 0) is 24.0 Å². The molecule has 254 valence electrons. The first-order chi connectivity index (χ1) is 22.4. The molecule has 0 spiro atoms. The van der Waals surface area contributed by atoms with Gasteiger partial charge in [-0.15, -0.1) is 11.8 Å². The Bertz CT molecular complexity index is 1680. The summed E-state index contributed by atoms with van der Waals surface area (Å²) in [7, 11) is -5.99. The first kappa shape index (κ1) is 36.5. The number of amides is 2. The van der Waals surface area contributed by atoms with Gasteiger partial charge in [0.1, 0.15) is 20.3 Å². The second-order valence-electron chi connectivity index (χ2n) is 11.6. The second kappa shape index (κ2) is 15.7. The van der Waals surface area contributed by atoms with Crippen molar-refractivity contribution in [2.75, 3.05) is 30.1 Å². The predicted molar refractivity (Wildman–Crippen MR) is 185 cm³/mol. The number of ether oxygens (including phenoxy) is 1. The minimum absolute atomic E-state index is 0.0263. The van der Waals surface area contributed by atoms with Gasteiger partial charge in [0.05, 0.1) is 21.2 Å². The van der Waals surface area contributed by atoms with Crippen LogP contribution in [0, 0.1) is 5.41 Å². The molecule has 1 aliphatic rings. The Morgan fingerprint density at radius 3 is 2.34 bits per heavy atom. The predicted octanol–water partition coefficient (Wildman–Crippen LogP) is 4.63. The molecule has 3 atom stereocenters. The van der Waals surface area contributed by atoms with Crippen LogP contribution in [0.4, 0.5) is 11.4 Å². The van der Waals surface area contributed by atoms with Crippen LogP contribution in [0.5, 0.6) is 5.75 Å². The zero-order valence-corrected chi connectivity index (χ0v) is 29.4. The lowest BCUT2D eigenvalue weighted by Crippen LogP contribution is -2.50. The van der Waals surface area contributed by atoms with E-state index in [1.165, 1.54) is 17.8 Å². The molecule has 4 N–H and O–H groups in total. The third kappa shape index (κ3) is 8.97. The zero-order chi connectivity index (χ0) is 34.2. The number of carbonyl (C=O) groups excluding carboxylic acids is 2. The summed E-state index contributed by atoms with van der Waals surface area (Å²) >= 11 is 1.34. The standard InChI is InChI=1S/C33H42N3O8PS2/c1-4-6-17-32(5-2)21-36(24-15-11-8-12-16-24)25-18-27(46-3)26(19-28(25)47(42,43)22-32)44-20-29(37)34-30(23-13-9-7-10-14-23)31(38)35-33(39,40)45-41/h7-16,18-19,30,39-40H,4-6,17,20-22,45H2,1-3H3,(H,34,37)(H,35,38)/t30-,32?/m1/s1. The van der Waals surface area contributed by atoms with Crippen molar-refractivity contribution in [2.45, 2.75) is 61.0 Å². The molecular weight excluding hydrogens is 661 g/mol. The fraction of sp³-hybridized carbons (Fsp3) is 0.394. The lowest BCUT2D eigenvalue weighted by molar-refractivity contribution is -0.147. The quantitative estimate of drug-likeness (QED) is 0.106. The van der Waals surface area contributed by atoms with Crippen molar-refractivity contribution in [1.29, 1.82) is 0 Å². The van der Waals surface area contributed by atoms with E-state index in [0.29, 0.717) is 29.1 Å². The number of thioether (sulfide) groups is 1. The number of unbranched alkanes of at least 4 members (excludes halogenated alkanes) is 1. The number of para-hydroxylation sites is 1. The molecule has 3 aromatic carbocycles. The van der Waals surface area contributed by atoms with Gasteiger partial charge < -0.3 is 29.7 Å². The van der Waals surface area contributed by atoms with Crippen LogP contribution in [-0.4, -0.2) is 61.3 Å². The lowest BCUT2D eigenvalue weighted by Gasteiger charge is -2.36. The van der Waals surface area contributed by atoms with Gasteiger partial charge in [-0.25, -0.2) is 8.42 Å². The molecule has 4 rings (SSSR count). The number of nitrogens with zero attached hydrogens (tertiary/aromatic N) is 1. The molecule has 3 aromatic rings. The summed E-state index contributed by atoms with van der Waals surface area (Å²) in [5.41, 5.74) is -1.66. The number of sulfone groups is 1. The van der Waals surface area contributed by atoms with E-state index in [0.717, 1.165) is 24.9 Å². The minimum Gasteiger partial charge on any atom is -0.483 e. The molecule has 11 nitrogen and oxygen atoms in total. The van der Waals surface area contributed by atoms with E-state index < -0.39 is 53.8 Å². The Hall–Kier alpha value is -3.35. The third-order valence-corrected chi connectivity index (χ3v) is 11.5. The van der Waals surface area contributed by atoms with Crippen molar-refractivity contribution >= 4 is 53.2 Å². The second-order valence-corrected chi connectivity index (χ2v) is 15.5. The molecule has 2 amide bonds. The Kier molecular flexibility index (Phi) is 12.2. The fourth-order valence-electron chi connectivity index (χ4n) is 5.72. The number of rotatable bonds is 14. The first-order valence-corrected chi connectivity index (χ1v) is 19.3. The van der Waals surface area contributed by atoms with Crippen LogP contribution in [0.25, 0.3) is 0 Å². The number of carbonyl (C=O) groups is 2. The monoisotopic (exact) mass is 703 g/mol. The van der Waals surface area contributed by atoms with Crippen LogP contribution in [0.3, 0.4) is 0 Å². The highest BCUT2D eigenvalue weighted by molar-refractivity contribution is 7.98. The summed E-state index contributed by atoms with van der Waals surface area (Å²) in [4.78, 5) is 28.8. The molecule has 1 aliphatic heterocycles. The van der Waals surface area contributed by atoms with Gasteiger partial charge in [0.15, 0.2) is 16.4 Å². The summed E-state index contributed by atoms with van der Waals surface area (Å²) in [6.45, 7) is 4.08. The van der Waals surface area contributed by atoms with Gasteiger partial charge in [-0.1, -0.05) is 75.2 Å². The van der Waals surface area contributed by atoms with Crippen LogP contribution in [0.15, 0.2) is 82.6 Å². The molecule has 0 saturated carbocycles. The molecule has 0 bridgehead atoms. The highest BCUT2D eigenvalue weighted by Gasteiger charge is 2.42. The van der Waals surface area contributed by atoms with Crippen LogP contribution in [0.1, 0.15) is 51.1 Å². The number of fused-ring (bicyclic) bond motifs is 1. The van der Waals surface area contributed by atoms with Crippen molar-refractivity contribution < 1.29 is 37.5 Å². The van der Waals surface area contributed by atoms with Gasteiger partial charge in [-0.05, 0) is 42.9 Å². The largest absolute Gasteiger partial charge is 0.483 e. The molecule has 0 saturated heterocycles. The van der Waals surface area contributed by atoms with Gasteiger partial charge in [-0.2, -0.15) is 0 Å². The topological polar surface area (TPSA) is 162 Å². The van der Waals surface area contributed by atoms with Crippen molar-refractivity contribution in [3.05, 3.63) is 78.4 Å². The Morgan fingerprint density at radius 2 is 1.74 bits per heavy atom. The van der Waals surface area contributed by atoms with E-state index in [4.69, 9.17) is 4.74 Å². The number of nitrogens with one attached hydrogen (secondary N) is 2. The average molecular weight is 704 g/mol. The van der Waals surface area contributed by atoms with Crippen molar-refractivity contribution in [2.24, 2.45) is 5.41 Å². The van der Waals surface area contributed by atoms with Gasteiger partial charge in [0.2, 0.25) is 0 Å². The highest BCUT2D eigenvalue weighted by Crippen LogP contribution is 2.47. The average Bonchev–Trinajstić information content (AvgIpc) is 3.16. The third-order valence-electron chi connectivity index (χ3n) is 8.27. The number of anilines is 2. The number of hydrogen-bond acceptors (Lipinski definition) is 10. The smallest absolute Gasteiger partial charge is 0.295 e. The van der Waals surface area contributed by atoms with Crippen LogP contribution >= 0.6 is 20.2 Å². The first-order valence-electron chi connectivity index (χ1n) is 15.3. The summed E-state index contributed by atoms with van der Waals surface area (Å²) in [5.74, 6) is -1.56. The van der Waals surface area contributed by atoms with Gasteiger partial charge in [-0.3, -0.25) is 14.9 Å². The van der Waals surface area contributed by atoms with Crippen LogP contribution < -0.4 is 20.3 Å². The fourth-order valence-corrected chi connectivity index (χ4v) is 8.64. The van der Waals surface area contributed by atoms with Crippen molar-refractivity contribution in [1.82, 2.24) is 10.6 Å². The molecule has 0 fully saturated rings. The Balaban J connectivity index is 1.67. The summed E-state index contributed by atoms with van der Waals surface area (Å²) < 4.78 is 45.4. The maximum Gasteiger partial charge on any atom is 0.295 e. The molecule has 0 radical (unpaired) electrons. The highest BCUT2D eigenvalue weighted by atomic mass is 32.2. The number of benzene rings is 3. The van der Waals surface area contributed by atoms with E-state index in [9.17, 15) is 32.8 Å². The minimum atomic E-state index is -3.80. The van der Waals surface area contributed by atoms with Crippen molar-refractivity contribution in [3.8, 4) is 5.75 Å². The Labute approximate surface area is 281 Å². The maximum absolute atomic E-state index is 14.1. The van der Waals surface area contributed by atoms with E-state index in [-0.39, 0.29) is 16.4 Å². The SMILES string of the molecule is CCCCC1(CC)CN(c2ccccc2)c2cc(SC)c(OCC(=O)N[C@@H](C(=O)NC(O)(O)[PH2]=O)c3ccccc3)cc2S(=O)(=O)C1. The van der Waals surface area contributed by atoms with Gasteiger partial charge in [0, 0.05) is 23.7 Å². The number of aliphatic hydroxyl groups is 2. The van der Waals surface area contributed by atoms with E-state index in [2.05, 4.69) is 17.1 Å². The molecule has 0 aromatic heterocycles. The summed E-state index contributed by atoms with van der Waals surface area (Å²) in [5, 5.41) is 23.8. The summed E-state index contributed by atoms with van der Waals surface area (Å²) in [6, 6.07) is 19.7. The number of hydrogen-bond donors (Lipinski definition) is 4. The molecule has 14 heteroatoms. The van der Waals surface area contributed by atoms with Crippen molar-refractivity contribution in [3.63, 3.8) is 0 Å². The normalized spacial score (nSPS) is 18.3. The molecular formula is C33H42N3O8PS2. The summed E-state index contributed by atoms with van der Waals surface area (Å²) in [6.07, 6.45) is 5.12. The molecule has 1 heterocycles. The Morgan fingerprint density at radius 1 is 1.09 bits per heavy atom. The molecule has 2 unspecified atom stereocenters. The lowest BCUT2D eigenvalue weighted by atomic mass is 9.81. The molecule has 0 aliphatic carbocycles. The maximum atomic E-state index is 14.1. The van der Waals surface area contributed by atoms with E-state index in [1.54, 1.807) is 36.4 Å². The van der Waals surface area contributed by atoms with E-state index in [1.807, 2.05) is 48.8 Å².